The minimum Gasteiger partial charge on any atom is -0.379 e. The number of nitrogens with one attached hydrogen (secondary N) is 2. The molecule has 0 aliphatic carbocycles. The van der Waals surface area contributed by atoms with Crippen LogP contribution >= 0.6 is 0 Å². The van der Waals surface area contributed by atoms with Gasteiger partial charge in [0.25, 0.3) is 0 Å². The number of carbonyl (C=O) groups excluding carboxylic acids is 1. The Morgan fingerprint density at radius 1 is 1.18 bits per heavy atom. The minimum absolute atomic E-state index is 0.0611. The molecule has 2 saturated heterocycles. The Labute approximate surface area is 171 Å². The van der Waals surface area contributed by atoms with Crippen LogP contribution in [-0.2, 0) is 9.53 Å². The largest absolute Gasteiger partial charge is 0.379 e. The third-order valence-corrected chi connectivity index (χ3v) is 5.44. The Morgan fingerprint density at radius 3 is 2.50 bits per heavy atom. The zero-order chi connectivity index (χ0) is 20.5. The molecule has 2 unspecified atom stereocenters. The van der Waals surface area contributed by atoms with Gasteiger partial charge in [-0.25, -0.2) is 0 Å². The van der Waals surface area contributed by atoms with E-state index in [2.05, 4.69) is 36.3 Å². The van der Waals surface area contributed by atoms with Gasteiger partial charge in [0, 0.05) is 50.7 Å². The van der Waals surface area contributed by atoms with Gasteiger partial charge >= 0.3 is 0 Å². The first-order chi connectivity index (χ1) is 13.4. The molecule has 2 aliphatic rings. The molecule has 0 aromatic rings. The zero-order valence-electron chi connectivity index (χ0n) is 18.5. The van der Waals surface area contributed by atoms with Crippen LogP contribution in [-0.4, -0.2) is 86.2 Å². The molecule has 2 aliphatic heterocycles. The summed E-state index contributed by atoms with van der Waals surface area (Å²) in [6, 6.07) is 0.717. The number of amides is 1. The summed E-state index contributed by atoms with van der Waals surface area (Å²) in [6.07, 6.45) is 2.12. The SMILES string of the molecule is CCNC(=NCC(CC(C)C)N1CCOCC1)NC1CCN(C(=O)C(C)C)C1. The van der Waals surface area contributed by atoms with E-state index in [9.17, 15) is 4.79 Å². The molecule has 0 bridgehead atoms. The molecule has 7 heteroatoms. The van der Waals surface area contributed by atoms with E-state index in [0.717, 1.165) is 71.3 Å². The Bertz CT molecular complexity index is 503. The summed E-state index contributed by atoms with van der Waals surface area (Å²) < 4.78 is 5.52. The Balaban J connectivity index is 1.94. The van der Waals surface area contributed by atoms with Crippen LogP contribution in [0.2, 0.25) is 0 Å². The fourth-order valence-electron chi connectivity index (χ4n) is 3.98. The lowest BCUT2D eigenvalue weighted by Crippen LogP contribution is -2.48. The third-order valence-electron chi connectivity index (χ3n) is 5.44. The van der Waals surface area contributed by atoms with E-state index in [1.54, 1.807) is 0 Å². The Morgan fingerprint density at radius 2 is 1.89 bits per heavy atom. The maximum atomic E-state index is 12.2. The van der Waals surface area contributed by atoms with Crippen LogP contribution in [0.5, 0.6) is 0 Å². The highest BCUT2D eigenvalue weighted by Gasteiger charge is 2.28. The van der Waals surface area contributed by atoms with Gasteiger partial charge in [0.05, 0.1) is 19.8 Å². The van der Waals surface area contributed by atoms with E-state index in [1.807, 2.05) is 18.7 Å². The number of hydrogen-bond donors (Lipinski definition) is 2. The molecule has 2 rings (SSSR count). The molecule has 7 nitrogen and oxygen atoms in total. The second-order valence-electron chi connectivity index (χ2n) is 8.72. The monoisotopic (exact) mass is 395 g/mol. The van der Waals surface area contributed by atoms with Crippen molar-refractivity contribution in [2.75, 3.05) is 52.5 Å². The van der Waals surface area contributed by atoms with Gasteiger partial charge in [0.15, 0.2) is 5.96 Å². The van der Waals surface area contributed by atoms with E-state index >= 15 is 0 Å². The van der Waals surface area contributed by atoms with Gasteiger partial charge in [-0.05, 0) is 25.7 Å². The molecular weight excluding hydrogens is 354 g/mol. The Hall–Kier alpha value is -1.34. The molecule has 162 valence electrons. The molecule has 0 spiro atoms. The van der Waals surface area contributed by atoms with Crippen molar-refractivity contribution in [2.24, 2.45) is 16.8 Å². The van der Waals surface area contributed by atoms with Gasteiger partial charge in [-0.15, -0.1) is 0 Å². The molecule has 2 atom stereocenters. The second-order valence-corrected chi connectivity index (χ2v) is 8.72. The molecule has 0 aromatic carbocycles. The van der Waals surface area contributed by atoms with Gasteiger partial charge in [-0.1, -0.05) is 27.7 Å². The van der Waals surface area contributed by atoms with Crippen molar-refractivity contribution in [1.82, 2.24) is 20.4 Å². The normalized spacial score (nSPS) is 22.8. The second kappa shape index (κ2) is 11.6. The quantitative estimate of drug-likeness (QED) is 0.482. The summed E-state index contributed by atoms with van der Waals surface area (Å²) in [7, 11) is 0. The predicted molar refractivity (Wildman–Crippen MR) is 115 cm³/mol. The number of rotatable bonds is 8. The van der Waals surface area contributed by atoms with Crippen molar-refractivity contribution in [3.8, 4) is 0 Å². The van der Waals surface area contributed by atoms with Crippen molar-refractivity contribution >= 4 is 11.9 Å². The van der Waals surface area contributed by atoms with Crippen LogP contribution in [0.15, 0.2) is 4.99 Å². The van der Waals surface area contributed by atoms with Gasteiger partial charge in [0.1, 0.15) is 0 Å². The summed E-state index contributed by atoms with van der Waals surface area (Å²) in [4.78, 5) is 21.6. The van der Waals surface area contributed by atoms with E-state index in [1.165, 1.54) is 0 Å². The first kappa shape index (κ1) is 22.9. The van der Waals surface area contributed by atoms with E-state index in [-0.39, 0.29) is 17.9 Å². The van der Waals surface area contributed by atoms with Crippen LogP contribution in [0.1, 0.15) is 47.5 Å². The fraction of sp³-hybridized carbons (Fsp3) is 0.905. The number of nitrogens with zero attached hydrogens (tertiary/aromatic N) is 3. The molecule has 0 aromatic heterocycles. The van der Waals surface area contributed by atoms with Crippen LogP contribution in [0.3, 0.4) is 0 Å². The fourth-order valence-corrected chi connectivity index (χ4v) is 3.98. The number of carbonyl (C=O) groups is 1. The van der Waals surface area contributed by atoms with Gasteiger partial charge in [-0.2, -0.15) is 0 Å². The number of likely N-dealkylation sites (tertiary alicyclic amines) is 1. The number of hydrogen-bond acceptors (Lipinski definition) is 4. The van der Waals surface area contributed by atoms with E-state index in [0.29, 0.717) is 12.0 Å². The number of aliphatic imine (C=N–C) groups is 1. The van der Waals surface area contributed by atoms with Crippen molar-refractivity contribution in [3.63, 3.8) is 0 Å². The van der Waals surface area contributed by atoms with Gasteiger partial charge < -0.3 is 20.3 Å². The number of ether oxygens (including phenoxy) is 1. The molecule has 2 heterocycles. The van der Waals surface area contributed by atoms with Crippen molar-refractivity contribution in [2.45, 2.75) is 59.5 Å². The summed E-state index contributed by atoms with van der Waals surface area (Å²) >= 11 is 0. The van der Waals surface area contributed by atoms with Crippen LogP contribution < -0.4 is 10.6 Å². The lowest BCUT2D eigenvalue weighted by atomic mass is 10.0. The van der Waals surface area contributed by atoms with Gasteiger partial charge in [0.2, 0.25) is 5.91 Å². The first-order valence-electron chi connectivity index (χ1n) is 11.1. The lowest BCUT2D eigenvalue weighted by Gasteiger charge is -2.34. The number of guanidine groups is 1. The highest BCUT2D eigenvalue weighted by atomic mass is 16.5. The third kappa shape index (κ3) is 7.24. The van der Waals surface area contributed by atoms with Crippen LogP contribution in [0, 0.1) is 11.8 Å². The molecule has 0 saturated carbocycles. The maximum Gasteiger partial charge on any atom is 0.225 e. The molecule has 2 N–H and O–H groups in total. The Kier molecular flexibility index (Phi) is 9.51. The molecular formula is C21H41N5O2. The van der Waals surface area contributed by atoms with Crippen molar-refractivity contribution in [1.29, 1.82) is 0 Å². The van der Waals surface area contributed by atoms with Crippen molar-refractivity contribution in [3.05, 3.63) is 0 Å². The highest BCUT2D eigenvalue weighted by molar-refractivity contribution is 5.81. The molecule has 0 radical (unpaired) electrons. The lowest BCUT2D eigenvalue weighted by molar-refractivity contribution is -0.133. The smallest absolute Gasteiger partial charge is 0.225 e. The average Bonchev–Trinajstić information content (AvgIpc) is 3.13. The predicted octanol–water partition coefficient (Wildman–Crippen LogP) is 1.55. The summed E-state index contributed by atoms with van der Waals surface area (Å²) in [5.41, 5.74) is 0. The van der Waals surface area contributed by atoms with E-state index in [4.69, 9.17) is 9.73 Å². The topological polar surface area (TPSA) is 69.2 Å². The van der Waals surface area contributed by atoms with Crippen molar-refractivity contribution < 1.29 is 9.53 Å². The highest BCUT2D eigenvalue weighted by Crippen LogP contribution is 2.15. The zero-order valence-corrected chi connectivity index (χ0v) is 18.5. The standard InChI is InChI=1S/C21H41N5O2/c1-6-22-21(24-18-7-8-26(15-18)20(27)17(4)5)23-14-19(13-16(2)3)25-9-11-28-12-10-25/h16-19H,6-15H2,1-5H3,(H2,22,23,24). The minimum atomic E-state index is 0.0611. The first-order valence-corrected chi connectivity index (χ1v) is 11.1. The molecule has 1 amide bonds. The average molecular weight is 396 g/mol. The van der Waals surface area contributed by atoms with Crippen LogP contribution in [0.25, 0.3) is 0 Å². The summed E-state index contributed by atoms with van der Waals surface area (Å²) in [5.74, 6) is 1.82. The van der Waals surface area contributed by atoms with E-state index < -0.39 is 0 Å². The summed E-state index contributed by atoms with van der Waals surface area (Å²) in [6.45, 7) is 17.4. The maximum absolute atomic E-state index is 12.2. The summed E-state index contributed by atoms with van der Waals surface area (Å²) in [5, 5.41) is 6.93. The molecule has 2 fully saturated rings. The molecule has 28 heavy (non-hydrogen) atoms. The number of morpholine rings is 1. The van der Waals surface area contributed by atoms with Crippen LogP contribution in [0.4, 0.5) is 0 Å². The van der Waals surface area contributed by atoms with Gasteiger partial charge in [-0.3, -0.25) is 14.7 Å².